The molecule has 1 aliphatic rings. The van der Waals surface area contributed by atoms with Gasteiger partial charge in [-0.25, -0.2) is 0 Å². The van der Waals surface area contributed by atoms with Gasteiger partial charge in [0.1, 0.15) is 5.82 Å². The molecule has 2 heterocycles. The molecule has 1 atom stereocenters. The molecule has 2 N–H and O–H groups in total. The van der Waals surface area contributed by atoms with Gasteiger partial charge in [-0.3, -0.25) is 9.69 Å². The van der Waals surface area contributed by atoms with E-state index in [1.807, 2.05) is 0 Å². The Morgan fingerprint density at radius 2 is 2.11 bits per heavy atom. The highest BCUT2D eigenvalue weighted by atomic mass is 16.1. The van der Waals surface area contributed by atoms with E-state index in [-0.39, 0.29) is 5.91 Å². The molecule has 0 aromatic carbocycles. The monoisotopic (exact) mass is 263 g/mol. The van der Waals surface area contributed by atoms with Crippen LogP contribution < -0.4 is 10.6 Å². The first-order chi connectivity index (χ1) is 9.20. The summed E-state index contributed by atoms with van der Waals surface area (Å²) < 4.78 is 0. The lowest BCUT2D eigenvalue weighted by Crippen LogP contribution is -2.40. The van der Waals surface area contributed by atoms with Gasteiger partial charge in [-0.05, 0) is 45.0 Å². The molecule has 1 aliphatic heterocycles. The van der Waals surface area contributed by atoms with Gasteiger partial charge < -0.3 is 10.6 Å². The Kier molecular flexibility index (Phi) is 4.68. The number of carbonyl (C=O) groups is 1. The number of anilines is 1. The molecule has 6 nitrogen and oxygen atoms in total. The normalized spacial score (nSPS) is 17.2. The van der Waals surface area contributed by atoms with Crippen LogP contribution in [0.3, 0.4) is 0 Å². The van der Waals surface area contributed by atoms with Crippen molar-refractivity contribution >= 4 is 11.7 Å². The van der Waals surface area contributed by atoms with E-state index in [0.717, 1.165) is 13.1 Å². The molecule has 1 fully saturated rings. The van der Waals surface area contributed by atoms with Crippen molar-refractivity contribution in [2.75, 3.05) is 32.0 Å². The van der Waals surface area contributed by atoms with Crippen LogP contribution in [0.4, 0.5) is 5.82 Å². The van der Waals surface area contributed by atoms with Crippen molar-refractivity contribution in [3.8, 4) is 0 Å². The van der Waals surface area contributed by atoms with Crippen molar-refractivity contribution in [3.63, 3.8) is 0 Å². The lowest BCUT2D eigenvalue weighted by atomic mass is 10.3. The summed E-state index contributed by atoms with van der Waals surface area (Å²) in [5, 5.41) is 13.6. The molecule has 1 unspecified atom stereocenters. The third kappa shape index (κ3) is 3.64. The van der Waals surface area contributed by atoms with Gasteiger partial charge in [0.05, 0.1) is 0 Å². The van der Waals surface area contributed by atoms with Gasteiger partial charge in [-0.15, -0.1) is 10.2 Å². The minimum Gasteiger partial charge on any atom is -0.372 e. The Labute approximate surface area is 113 Å². The van der Waals surface area contributed by atoms with Crippen molar-refractivity contribution in [2.24, 2.45) is 0 Å². The number of nitrogens with one attached hydrogen (secondary N) is 2. The summed E-state index contributed by atoms with van der Waals surface area (Å²) in [6.07, 6.45) is 2.52. The quantitative estimate of drug-likeness (QED) is 0.819. The Bertz CT molecular complexity index is 414. The van der Waals surface area contributed by atoms with Crippen molar-refractivity contribution in [1.82, 2.24) is 20.4 Å². The topological polar surface area (TPSA) is 70.2 Å². The van der Waals surface area contributed by atoms with Crippen LogP contribution in [-0.4, -0.2) is 53.7 Å². The number of hydrogen-bond acceptors (Lipinski definition) is 5. The standard InChI is InChI=1S/C13H21N5O/c1-10(18-7-3-4-8-18)9-15-13(19)11-5-6-12(14-2)17-16-11/h5-6,10H,3-4,7-9H2,1-2H3,(H,14,17)(H,15,19). The zero-order chi connectivity index (χ0) is 13.7. The van der Waals surface area contributed by atoms with E-state index in [9.17, 15) is 4.79 Å². The Morgan fingerprint density at radius 3 is 2.68 bits per heavy atom. The van der Waals surface area contributed by atoms with Gasteiger partial charge in [0.2, 0.25) is 0 Å². The molecule has 1 saturated heterocycles. The predicted octanol–water partition coefficient (Wildman–Crippen LogP) is 0.732. The third-order valence-electron chi connectivity index (χ3n) is 3.48. The average Bonchev–Trinajstić information content (AvgIpc) is 2.98. The van der Waals surface area contributed by atoms with Gasteiger partial charge in [0.15, 0.2) is 5.69 Å². The van der Waals surface area contributed by atoms with Crippen molar-refractivity contribution in [3.05, 3.63) is 17.8 Å². The van der Waals surface area contributed by atoms with E-state index in [0.29, 0.717) is 24.1 Å². The lowest BCUT2D eigenvalue weighted by molar-refractivity contribution is 0.0934. The molecule has 0 aliphatic carbocycles. The molecule has 0 radical (unpaired) electrons. The minimum absolute atomic E-state index is 0.166. The maximum Gasteiger partial charge on any atom is 0.271 e. The van der Waals surface area contributed by atoms with E-state index in [2.05, 4.69) is 32.7 Å². The van der Waals surface area contributed by atoms with Crippen molar-refractivity contribution < 1.29 is 4.79 Å². The number of likely N-dealkylation sites (tertiary alicyclic amines) is 1. The zero-order valence-electron chi connectivity index (χ0n) is 11.5. The summed E-state index contributed by atoms with van der Waals surface area (Å²) in [6.45, 7) is 5.05. The van der Waals surface area contributed by atoms with Crippen LogP contribution in [0.1, 0.15) is 30.3 Å². The summed E-state index contributed by atoms with van der Waals surface area (Å²) in [7, 11) is 1.77. The summed E-state index contributed by atoms with van der Waals surface area (Å²) >= 11 is 0. The highest BCUT2D eigenvalue weighted by Gasteiger charge is 2.18. The number of hydrogen-bond donors (Lipinski definition) is 2. The molecule has 1 aromatic heterocycles. The van der Waals surface area contributed by atoms with Gasteiger partial charge in [0, 0.05) is 19.6 Å². The Balaban J connectivity index is 1.82. The van der Waals surface area contributed by atoms with Gasteiger partial charge in [0.25, 0.3) is 5.91 Å². The summed E-state index contributed by atoms with van der Waals surface area (Å²) in [4.78, 5) is 14.3. The number of nitrogens with zero attached hydrogens (tertiary/aromatic N) is 3. The predicted molar refractivity (Wildman–Crippen MR) is 74.2 cm³/mol. The van der Waals surface area contributed by atoms with E-state index in [4.69, 9.17) is 0 Å². The van der Waals surface area contributed by atoms with Crippen molar-refractivity contribution in [1.29, 1.82) is 0 Å². The largest absolute Gasteiger partial charge is 0.372 e. The summed E-state index contributed by atoms with van der Waals surface area (Å²) in [5.41, 5.74) is 0.354. The second kappa shape index (κ2) is 6.47. The first-order valence-electron chi connectivity index (χ1n) is 6.74. The molecule has 0 spiro atoms. The molecule has 0 bridgehead atoms. The molecule has 1 amide bonds. The first kappa shape index (κ1) is 13.7. The Hall–Kier alpha value is -1.69. The number of aromatic nitrogens is 2. The number of rotatable bonds is 5. The molecular weight excluding hydrogens is 242 g/mol. The van der Waals surface area contributed by atoms with Crippen LogP contribution in [0.15, 0.2) is 12.1 Å². The fraction of sp³-hybridized carbons (Fsp3) is 0.615. The minimum atomic E-state index is -0.166. The van der Waals surface area contributed by atoms with E-state index < -0.39 is 0 Å². The highest BCUT2D eigenvalue weighted by Crippen LogP contribution is 2.10. The fourth-order valence-electron chi connectivity index (χ4n) is 2.23. The van der Waals surface area contributed by atoms with E-state index >= 15 is 0 Å². The molecule has 0 saturated carbocycles. The van der Waals surface area contributed by atoms with E-state index in [1.54, 1.807) is 19.2 Å². The second-order valence-corrected chi connectivity index (χ2v) is 4.86. The summed E-state index contributed by atoms with van der Waals surface area (Å²) in [6, 6.07) is 3.79. The smallest absolute Gasteiger partial charge is 0.271 e. The number of amides is 1. The SMILES string of the molecule is CNc1ccc(C(=O)NCC(C)N2CCCC2)nn1. The second-order valence-electron chi connectivity index (χ2n) is 4.86. The fourth-order valence-corrected chi connectivity index (χ4v) is 2.23. The third-order valence-corrected chi connectivity index (χ3v) is 3.48. The van der Waals surface area contributed by atoms with Crippen molar-refractivity contribution in [2.45, 2.75) is 25.8 Å². The van der Waals surface area contributed by atoms with Gasteiger partial charge in [-0.2, -0.15) is 0 Å². The number of carbonyl (C=O) groups excluding carboxylic acids is 1. The van der Waals surface area contributed by atoms with Gasteiger partial charge >= 0.3 is 0 Å². The van der Waals surface area contributed by atoms with Crippen LogP contribution in [0.2, 0.25) is 0 Å². The van der Waals surface area contributed by atoms with Gasteiger partial charge in [-0.1, -0.05) is 0 Å². The van der Waals surface area contributed by atoms with Crippen LogP contribution in [0.5, 0.6) is 0 Å². The molecule has 19 heavy (non-hydrogen) atoms. The molecule has 2 rings (SSSR count). The molecule has 1 aromatic rings. The van der Waals surface area contributed by atoms with Crippen LogP contribution in [-0.2, 0) is 0 Å². The van der Waals surface area contributed by atoms with Crippen LogP contribution in [0.25, 0.3) is 0 Å². The molecule has 104 valence electrons. The maximum absolute atomic E-state index is 11.9. The Morgan fingerprint density at radius 1 is 1.37 bits per heavy atom. The lowest BCUT2D eigenvalue weighted by Gasteiger charge is -2.23. The van der Waals surface area contributed by atoms with E-state index in [1.165, 1.54) is 12.8 Å². The average molecular weight is 263 g/mol. The molecule has 6 heteroatoms. The van der Waals surface area contributed by atoms with Crippen LogP contribution in [0, 0.1) is 0 Å². The maximum atomic E-state index is 11.9. The zero-order valence-corrected chi connectivity index (χ0v) is 11.5. The summed E-state index contributed by atoms with van der Waals surface area (Å²) in [5.74, 6) is 0.489. The van der Waals surface area contributed by atoms with Crippen LogP contribution >= 0.6 is 0 Å². The first-order valence-corrected chi connectivity index (χ1v) is 6.74. The molecular formula is C13H21N5O. The highest BCUT2D eigenvalue weighted by molar-refractivity contribution is 5.92.